The lowest BCUT2D eigenvalue weighted by Gasteiger charge is -2.31. The lowest BCUT2D eigenvalue weighted by Crippen LogP contribution is -2.57. The quantitative estimate of drug-likeness (QED) is 0.673. The zero-order valence-corrected chi connectivity index (χ0v) is 18.6. The number of hydrogen-bond acceptors (Lipinski definition) is 4. The third kappa shape index (κ3) is 7.13. The number of nitrogens with zero attached hydrogens (tertiary/aromatic N) is 1. The first kappa shape index (κ1) is 23.9. The third-order valence-electron chi connectivity index (χ3n) is 4.43. The standard InChI is InChI=1S/C24H30N2O5/c1-16(2)21(27)26(25-23(30)31-24(3,4)5)20(22(28)29)15-17-11-13-19(14-12-17)18-9-7-6-8-10-18/h6-14,16,20H,15H2,1-5H3,(H,25,30)(H,28,29). The zero-order chi connectivity index (χ0) is 23.2. The Hall–Kier alpha value is -3.35. The van der Waals surface area contributed by atoms with Crippen LogP contribution < -0.4 is 5.43 Å². The first-order valence-electron chi connectivity index (χ1n) is 10.2. The van der Waals surface area contributed by atoms with Crippen LogP contribution in [0.1, 0.15) is 40.2 Å². The molecule has 1 atom stereocenters. The maximum atomic E-state index is 12.7. The largest absolute Gasteiger partial charge is 0.480 e. The Morgan fingerprint density at radius 3 is 2.00 bits per heavy atom. The molecule has 0 aliphatic carbocycles. The molecule has 2 rings (SSSR count). The average molecular weight is 427 g/mol. The average Bonchev–Trinajstić information content (AvgIpc) is 2.69. The van der Waals surface area contributed by atoms with Crippen molar-refractivity contribution < 1.29 is 24.2 Å². The van der Waals surface area contributed by atoms with Crippen LogP contribution in [0.3, 0.4) is 0 Å². The Balaban J connectivity index is 2.25. The molecule has 7 heteroatoms. The number of carboxylic acids is 1. The molecule has 2 amide bonds. The van der Waals surface area contributed by atoms with Gasteiger partial charge in [0, 0.05) is 12.3 Å². The molecule has 0 radical (unpaired) electrons. The van der Waals surface area contributed by atoms with Gasteiger partial charge in [-0.3, -0.25) is 4.79 Å². The monoisotopic (exact) mass is 426 g/mol. The molecule has 0 aliphatic heterocycles. The van der Waals surface area contributed by atoms with Crippen LogP contribution in [-0.4, -0.2) is 39.7 Å². The minimum absolute atomic E-state index is 0.0264. The number of hydrogen-bond donors (Lipinski definition) is 2. The molecular formula is C24H30N2O5. The molecule has 0 spiro atoms. The van der Waals surface area contributed by atoms with Gasteiger partial charge in [0.25, 0.3) is 0 Å². The highest BCUT2D eigenvalue weighted by Crippen LogP contribution is 2.21. The van der Waals surface area contributed by atoms with Gasteiger partial charge in [-0.25, -0.2) is 20.0 Å². The van der Waals surface area contributed by atoms with Crippen LogP contribution in [0.4, 0.5) is 4.79 Å². The summed E-state index contributed by atoms with van der Waals surface area (Å²) in [5.74, 6) is -2.26. The fraction of sp³-hybridized carbons (Fsp3) is 0.375. The summed E-state index contributed by atoms with van der Waals surface area (Å²) >= 11 is 0. The van der Waals surface area contributed by atoms with Crippen molar-refractivity contribution >= 4 is 18.0 Å². The summed E-state index contributed by atoms with van der Waals surface area (Å²) in [4.78, 5) is 37.0. The molecule has 0 bridgehead atoms. The lowest BCUT2D eigenvalue weighted by atomic mass is 10.00. The van der Waals surface area contributed by atoms with Crippen LogP contribution in [0, 0.1) is 5.92 Å². The number of hydrazine groups is 1. The fourth-order valence-corrected chi connectivity index (χ4v) is 2.94. The minimum Gasteiger partial charge on any atom is -0.480 e. The summed E-state index contributed by atoms with van der Waals surface area (Å²) < 4.78 is 5.21. The van der Waals surface area contributed by atoms with E-state index in [0.29, 0.717) is 0 Å². The maximum absolute atomic E-state index is 12.7. The van der Waals surface area contributed by atoms with Gasteiger partial charge < -0.3 is 9.84 Å². The second-order valence-corrected chi connectivity index (χ2v) is 8.60. The molecule has 2 aromatic rings. The summed E-state index contributed by atoms with van der Waals surface area (Å²) in [7, 11) is 0. The van der Waals surface area contributed by atoms with Gasteiger partial charge in [0.05, 0.1) is 0 Å². The van der Waals surface area contributed by atoms with Gasteiger partial charge in [-0.15, -0.1) is 0 Å². The molecule has 1 unspecified atom stereocenters. The number of carboxylic acid groups (broad SMARTS) is 1. The number of rotatable bonds is 6. The molecule has 0 aliphatic rings. The Kier molecular flexibility index (Phi) is 7.80. The highest BCUT2D eigenvalue weighted by molar-refractivity contribution is 5.86. The van der Waals surface area contributed by atoms with E-state index in [1.54, 1.807) is 34.6 Å². The van der Waals surface area contributed by atoms with Crippen molar-refractivity contribution in [3.8, 4) is 11.1 Å². The Morgan fingerprint density at radius 1 is 0.968 bits per heavy atom. The number of amides is 2. The molecule has 7 nitrogen and oxygen atoms in total. The minimum atomic E-state index is -1.29. The van der Waals surface area contributed by atoms with E-state index in [1.165, 1.54) is 0 Å². The first-order valence-corrected chi connectivity index (χ1v) is 10.2. The fourth-order valence-electron chi connectivity index (χ4n) is 2.94. The molecule has 0 saturated heterocycles. The molecule has 0 fully saturated rings. The van der Waals surface area contributed by atoms with Crippen molar-refractivity contribution in [3.63, 3.8) is 0 Å². The smallest absolute Gasteiger partial charge is 0.426 e. The third-order valence-corrected chi connectivity index (χ3v) is 4.43. The number of nitrogens with one attached hydrogen (secondary N) is 1. The van der Waals surface area contributed by atoms with Crippen LogP contribution in [-0.2, 0) is 20.7 Å². The Labute approximate surface area is 183 Å². The van der Waals surface area contributed by atoms with Gasteiger partial charge >= 0.3 is 12.1 Å². The van der Waals surface area contributed by atoms with E-state index in [-0.39, 0.29) is 6.42 Å². The van der Waals surface area contributed by atoms with Crippen LogP contribution in [0.15, 0.2) is 54.6 Å². The van der Waals surface area contributed by atoms with E-state index < -0.39 is 35.5 Å². The second-order valence-electron chi connectivity index (χ2n) is 8.60. The Morgan fingerprint density at radius 2 is 1.52 bits per heavy atom. The van der Waals surface area contributed by atoms with Crippen molar-refractivity contribution in [2.45, 2.75) is 52.7 Å². The van der Waals surface area contributed by atoms with Crippen molar-refractivity contribution in [1.29, 1.82) is 0 Å². The predicted molar refractivity (Wildman–Crippen MR) is 118 cm³/mol. The van der Waals surface area contributed by atoms with Crippen LogP contribution in [0.2, 0.25) is 0 Å². The molecule has 2 aromatic carbocycles. The highest BCUT2D eigenvalue weighted by atomic mass is 16.6. The van der Waals surface area contributed by atoms with Crippen LogP contribution >= 0.6 is 0 Å². The lowest BCUT2D eigenvalue weighted by molar-refractivity contribution is -0.154. The summed E-state index contributed by atoms with van der Waals surface area (Å²) in [5.41, 5.74) is 4.31. The van der Waals surface area contributed by atoms with Gasteiger partial charge in [-0.05, 0) is 37.5 Å². The number of carbonyl (C=O) groups is 3. The molecule has 0 heterocycles. The Bertz CT molecular complexity index is 902. The summed E-state index contributed by atoms with van der Waals surface area (Å²) in [6, 6.07) is 16.0. The topological polar surface area (TPSA) is 95.9 Å². The normalized spacial score (nSPS) is 12.2. The van der Waals surface area contributed by atoms with E-state index >= 15 is 0 Å². The molecule has 31 heavy (non-hydrogen) atoms. The van der Waals surface area contributed by atoms with E-state index in [9.17, 15) is 19.5 Å². The van der Waals surface area contributed by atoms with Crippen molar-refractivity contribution in [3.05, 3.63) is 60.2 Å². The number of ether oxygens (including phenoxy) is 1. The van der Waals surface area contributed by atoms with Crippen molar-refractivity contribution in [2.24, 2.45) is 5.92 Å². The van der Waals surface area contributed by atoms with Gasteiger partial charge in [0.2, 0.25) is 5.91 Å². The van der Waals surface area contributed by atoms with Crippen LogP contribution in [0.5, 0.6) is 0 Å². The van der Waals surface area contributed by atoms with Gasteiger partial charge in [-0.1, -0.05) is 68.4 Å². The summed E-state index contributed by atoms with van der Waals surface area (Å²) in [5, 5.41) is 10.7. The molecule has 0 saturated carbocycles. The van der Waals surface area contributed by atoms with E-state index in [0.717, 1.165) is 21.7 Å². The molecule has 0 aromatic heterocycles. The zero-order valence-electron chi connectivity index (χ0n) is 18.6. The van der Waals surface area contributed by atoms with Crippen LogP contribution in [0.25, 0.3) is 11.1 Å². The summed E-state index contributed by atoms with van der Waals surface area (Å²) in [6.45, 7) is 8.33. The molecular weight excluding hydrogens is 396 g/mol. The second kappa shape index (κ2) is 10.1. The number of benzene rings is 2. The van der Waals surface area contributed by atoms with Crippen molar-refractivity contribution in [1.82, 2.24) is 10.4 Å². The molecule has 2 N–H and O–H groups in total. The van der Waals surface area contributed by atoms with E-state index in [1.807, 2.05) is 54.6 Å². The number of carbonyl (C=O) groups excluding carboxylic acids is 2. The molecule has 166 valence electrons. The first-order chi connectivity index (χ1) is 14.5. The summed E-state index contributed by atoms with van der Waals surface area (Å²) in [6.07, 6.45) is -0.856. The van der Waals surface area contributed by atoms with E-state index in [4.69, 9.17) is 4.74 Å². The predicted octanol–water partition coefficient (Wildman–Crippen LogP) is 4.27. The van der Waals surface area contributed by atoms with Gasteiger partial charge in [-0.2, -0.15) is 0 Å². The van der Waals surface area contributed by atoms with Crippen molar-refractivity contribution in [2.75, 3.05) is 0 Å². The van der Waals surface area contributed by atoms with E-state index in [2.05, 4.69) is 5.43 Å². The SMILES string of the molecule is CC(C)C(=O)N(NC(=O)OC(C)(C)C)C(Cc1ccc(-c2ccccc2)cc1)C(=O)O. The highest BCUT2D eigenvalue weighted by Gasteiger charge is 2.34. The van der Waals surface area contributed by atoms with Gasteiger partial charge in [0.15, 0.2) is 6.04 Å². The van der Waals surface area contributed by atoms with Gasteiger partial charge in [0.1, 0.15) is 5.60 Å². The number of aliphatic carboxylic acids is 1. The maximum Gasteiger partial charge on any atom is 0.426 e.